The number of Topliss-reactive ketones (excluding diaryl/α,β-unsaturated/α-hetero) is 1. The summed E-state index contributed by atoms with van der Waals surface area (Å²) in [6, 6.07) is 9.70. The summed E-state index contributed by atoms with van der Waals surface area (Å²) >= 11 is 0. The molecule has 88 valence electrons. The van der Waals surface area contributed by atoms with Gasteiger partial charge in [0.15, 0.2) is 0 Å². The van der Waals surface area contributed by atoms with E-state index >= 15 is 0 Å². The molecule has 0 saturated carbocycles. The monoisotopic (exact) mass is 220 g/mol. The maximum absolute atomic E-state index is 11.4. The predicted octanol–water partition coefficient (Wildman–Crippen LogP) is 3.32. The Hall–Kier alpha value is -1.31. The van der Waals surface area contributed by atoms with Crippen LogP contribution in [0.5, 0.6) is 5.75 Å². The quantitative estimate of drug-likeness (QED) is 0.735. The highest BCUT2D eigenvalue weighted by Gasteiger charge is 2.17. The van der Waals surface area contributed by atoms with E-state index in [1.165, 1.54) is 0 Å². The zero-order valence-corrected chi connectivity index (χ0v) is 10.3. The van der Waals surface area contributed by atoms with Gasteiger partial charge < -0.3 is 4.74 Å². The van der Waals surface area contributed by atoms with Crippen LogP contribution in [0.25, 0.3) is 0 Å². The predicted molar refractivity (Wildman–Crippen MR) is 65.6 cm³/mol. The molecule has 1 aromatic rings. The van der Waals surface area contributed by atoms with Crippen molar-refractivity contribution in [3.63, 3.8) is 0 Å². The summed E-state index contributed by atoms with van der Waals surface area (Å²) in [5, 5.41) is 0. The lowest BCUT2D eigenvalue weighted by molar-refractivity contribution is -0.122. The van der Waals surface area contributed by atoms with Crippen LogP contribution in [-0.2, 0) is 4.79 Å². The zero-order chi connectivity index (χ0) is 12.0. The molecule has 0 heterocycles. The lowest BCUT2D eigenvalue weighted by Crippen LogP contribution is -2.20. The molecule has 0 aromatic heterocycles. The Morgan fingerprint density at radius 2 is 1.88 bits per heavy atom. The van der Waals surface area contributed by atoms with Crippen LogP contribution in [-0.4, -0.2) is 12.4 Å². The van der Waals surface area contributed by atoms with Gasteiger partial charge in [-0.15, -0.1) is 0 Å². The smallest absolute Gasteiger partial charge is 0.133 e. The highest BCUT2D eigenvalue weighted by molar-refractivity contribution is 5.78. The van der Waals surface area contributed by atoms with E-state index in [0.29, 0.717) is 12.5 Å². The fourth-order valence-electron chi connectivity index (χ4n) is 1.83. The zero-order valence-electron chi connectivity index (χ0n) is 10.3. The van der Waals surface area contributed by atoms with Gasteiger partial charge in [0.1, 0.15) is 11.5 Å². The average Bonchev–Trinajstić information content (AvgIpc) is 2.24. The van der Waals surface area contributed by atoms with Crippen LogP contribution in [0.2, 0.25) is 0 Å². The van der Waals surface area contributed by atoms with Crippen molar-refractivity contribution in [3.05, 3.63) is 30.3 Å². The molecule has 0 fully saturated rings. The molecule has 16 heavy (non-hydrogen) atoms. The molecular weight excluding hydrogens is 200 g/mol. The molecule has 1 unspecified atom stereocenters. The van der Waals surface area contributed by atoms with E-state index < -0.39 is 0 Å². The van der Waals surface area contributed by atoms with Crippen LogP contribution in [0, 0.1) is 11.8 Å². The number of hydrogen-bond acceptors (Lipinski definition) is 2. The molecule has 0 aliphatic heterocycles. The molecule has 0 amide bonds. The van der Waals surface area contributed by atoms with Crippen LogP contribution < -0.4 is 4.74 Å². The summed E-state index contributed by atoms with van der Waals surface area (Å²) in [5.74, 6) is 1.63. The van der Waals surface area contributed by atoms with Crippen molar-refractivity contribution in [2.24, 2.45) is 11.8 Å². The van der Waals surface area contributed by atoms with Crippen molar-refractivity contribution in [2.75, 3.05) is 6.61 Å². The SMILES string of the molecule is CC(=O)C(CCOc1ccccc1)C(C)C. The van der Waals surface area contributed by atoms with Gasteiger partial charge in [0, 0.05) is 5.92 Å². The first-order chi connectivity index (χ1) is 7.61. The second-order valence-corrected chi connectivity index (χ2v) is 4.41. The fraction of sp³-hybridized carbons (Fsp3) is 0.500. The Morgan fingerprint density at radius 1 is 1.25 bits per heavy atom. The highest BCUT2D eigenvalue weighted by atomic mass is 16.5. The minimum Gasteiger partial charge on any atom is -0.494 e. The topological polar surface area (TPSA) is 26.3 Å². The first-order valence-electron chi connectivity index (χ1n) is 5.79. The number of ether oxygens (including phenoxy) is 1. The van der Waals surface area contributed by atoms with E-state index in [9.17, 15) is 4.79 Å². The van der Waals surface area contributed by atoms with Crippen LogP contribution >= 0.6 is 0 Å². The van der Waals surface area contributed by atoms with Gasteiger partial charge in [0.2, 0.25) is 0 Å². The van der Waals surface area contributed by atoms with Crippen LogP contribution in [0.15, 0.2) is 30.3 Å². The van der Waals surface area contributed by atoms with E-state index in [4.69, 9.17) is 4.74 Å². The van der Waals surface area contributed by atoms with Crippen LogP contribution in [0.4, 0.5) is 0 Å². The summed E-state index contributed by atoms with van der Waals surface area (Å²) in [4.78, 5) is 11.4. The summed E-state index contributed by atoms with van der Waals surface area (Å²) < 4.78 is 5.58. The summed E-state index contributed by atoms with van der Waals surface area (Å²) in [7, 11) is 0. The largest absolute Gasteiger partial charge is 0.494 e. The average molecular weight is 220 g/mol. The van der Waals surface area contributed by atoms with Crippen molar-refractivity contribution in [3.8, 4) is 5.75 Å². The number of benzene rings is 1. The number of para-hydroxylation sites is 1. The van der Waals surface area contributed by atoms with Crippen LogP contribution in [0.3, 0.4) is 0 Å². The number of hydrogen-bond donors (Lipinski definition) is 0. The Morgan fingerprint density at radius 3 is 2.38 bits per heavy atom. The third kappa shape index (κ3) is 4.05. The summed E-state index contributed by atoms with van der Waals surface area (Å²) in [5.41, 5.74) is 0. The molecule has 0 aliphatic rings. The van der Waals surface area contributed by atoms with Gasteiger partial charge in [-0.05, 0) is 31.4 Å². The Labute approximate surface area is 97.6 Å². The lowest BCUT2D eigenvalue weighted by Gasteiger charge is -2.17. The highest BCUT2D eigenvalue weighted by Crippen LogP contribution is 2.17. The molecule has 0 N–H and O–H groups in total. The molecule has 1 rings (SSSR count). The Bertz CT molecular complexity index is 317. The van der Waals surface area contributed by atoms with E-state index in [0.717, 1.165) is 12.2 Å². The number of carbonyl (C=O) groups is 1. The third-order valence-corrected chi connectivity index (χ3v) is 2.77. The third-order valence-electron chi connectivity index (χ3n) is 2.77. The molecule has 2 heteroatoms. The maximum atomic E-state index is 11.4. The molecule has 0 aliphatic carbocycles. The van der Waals surface area contributed by atoms with Crippen molar-refractivity contribution in [1.29, 1.82) is 0 Å². The number of carbonyl (C=O) groups excluding carboxylic acids is 1. The first-order valence-corrected chi connectivity index (χ1v) is 5.79. The molecule has 0 spiro atoms. The molecule has 1 aromatic carbocycles. The van der Waals surface area contributed by atoms with Gasteiger partial charge in [-0.1, -0.05) is 32.0 Å². The van der Waals surface area contributed by atoms with Gasteiger partial charge in [0.25, 0.3) is 0 Å². The van der Waals surface area contributed by atoms with E-state index in [1.807, 2.05) is 30.3 Å². The van der Waals surface area contributed by atoms with Crippen molar-refractivity contribution in [2.45, 2.75) is 27.2 Å². The summed E-state index contributed by atoms with van der Waals surface area (Å²) in [6.45, 7) is 6.42. The first kappa shape index (κ1) is 12.8. The normalized spacial score (nSPS) is 12.5. The summed E-state index contributed by atoms with van der Waals surface area (Å²) in [6.07, 6.45) is 0.794. The molecule has 2 nitrogen and oxygen atoms in total. The molecule has 0 bridgehead atoms. The van der Waals surface area contributed by atoms with Gasteiger partial charge in [0.05, 0.1) is 6.61 Å². The molecule has 0 radical (unpaired) electrons. The molecule has 1 atom stereocenters. The van der Waals surface area contributed by atoms with Crippen molar-refractivity contribution in [1.82, 2.24) is 0 Å². The Kier molecular flexibility index (Phi) is 5.03. The van der Waals surface area contributed by atoms with Crippen molar-refractivity contribution < 1.29 is 9.53 Å². The van der Waals surface area contributed by atoms with Gasteiger partial charge in [-0.25, -0.2) is 0 Å². The second-order valence-electron chi connectivity index (χ2n) is 4.41. The molecular formula is C14H20O2. The van der Waals surface area contributed by atoms with Crippen LogP contribution in [0.1, 0.15) is 27.2 Å². The minimum absolute atomic E-state index is 0.115. The molecule has 0 saturated heterocycles. The standard InChI is InChI=1S/C14H20O2/c1-11(2)14(12(3)15)9-10-16-13-7-5-4-6-8-13/h4-8,11,14H,9-10H2,1-3H3. The lowest BCUT2D eigenvalue weighted by atomic mass is 9.89. The van der Waals surface area contributed by atoms with Gasteiger partial charge in [-0.2, -0.15) is 0 Å². The maximum Gasteiger partial charge on any atom is 0.133 e. The Balaban J connectivity index is 2.37. The van der Waals surface area contributed by atoms with E-state index in [2.05, 4.69) is 13.8 Å². The van der Waals surface area contributed by atoms with Gasteiger partial charge in [-0.3, -0.25) is 4.79 Å². The second kappa shape index (κ2) is 6.31. The van der Waals surface area contributed by atoms with E-state index in [1.54, 1.807) is 6.92 Å². The van der Waals surface area contributed by atoms with Crippen molar-refractivity contribution >= 4 is 5.78 Å². The number of rotatable bonds is 6. The van der Waals surface area contributed by atoms with E-state index in [-0.39, 0.29) is 11.7 Å². The number of ketones is 1. The minimum atomic E-state index is 0.115. The fourth-order valence-corrected chi connectivity index (χ4v) is 1.83. The van der Waals surface area contributed by atoms with Gasteiger partial charge >= 0.3 is 0 Å².